The number of ether oxygens (including phenoxy) is 1. The average molecular weight is 301 g/mol. The summed E-state index contributed by atoms with van der Waals surface area (Å²) in [6, 6.07) is 6.78. The summed E-state index contributed by atoms with van der Waals surface area (Å²) < 4.78 is 5.13. The van der Waals surface area contributed by atoms with Crippen LogP contribution in [0.25, 0.3) is 0 Å². The minimum absolute atomic E-state index is 0.114. The number of hydrogen-bond donors (Lipinski definition) is 2. The van der Waals surface area contributed by atoms with E-state index in [1.807, 2.05) is 6.07 Å². The second kappa shape index (κ2) is 7.00. The zero-order valence-electron chi connectivity index (χ0n) is 12.8. The van der Waals surface area contributed by atoms with Crippen molar-refractivity contribution in [1.82, 2.24) is 15.3 Å². The van der Waals surface area contributed by atoms with E-state index in [0.29, 0.717) is 11.3 Å². The minimum Gasteiger partial charge on any atom is -0.382 e. The van der Waals surface area contributed by atoms with Crippen LogP contribution in [0.2, 0.25) is 0 Å². The summed E-state index contributed by atoms with van der Waals surface area (Å²) in [5, 5.41) is 2.81. The first-order valence-electron chi connectivity index (χ1n) is 6.94. The highest BCUT2D eigenvalue weighted by Crippen LogP contribution is 2.12. The van der Waals surface area contributed by atoms with Crippen molar-refractivity contribution in [2.24, 2.45) is 0 Å². The fourth-order valence-electron chi connectivity index (χ4n) is 2.32. The van der Waals surface area contributed by atoms with Gasteiger partial charge in [0.25, 0.3) is 11.5 Å². The summed E-state index contributed by atoms with van der Waals surface area (Å²) in [5.41, 5.74) is 1.75. The zero-order valence-corrected chi connectivity index (χ0v) is 12.8. The fourth-order valence-corrected chi connectivity index (χ4v) is 2.32. The van der Waals surface area contributed by atoms with Crippen LogP contribution in [0.1, 0.15) is 33.4 Å². The summed E-state index contributed by atoms with van der Waals surface area (Å²) in [4.78, 5) is 31.3. The second-order valence-electron chi connectivity index (χ2n) is 5.08. The number of nitrogens with one attached hydrogen (secondary N) is 2. The molecule has 22 heavy (non-hydrogen) atoms. The van der Waals surface area contributed by atoms with Crippen molar-refractivity contribution in [2.45, 2.75) is 19.9 Å². The Morgan fingerprint density at radius 1 is 1.41 bits per heavy atom. The standard InChI is InChI=1S/C16H19N3O3/c1-10-8-11(2)18-15(20)14(10)16(21)19-13(9-22-3)12-6-4-5-7-17-12/h4-8,13H,9H2,1-3H3,(H,18,20)(H,19,21)/t13-/m0/s1. The van der Waals surface area contributed by atoms with Gasteiger partial charge in [-0.2, -0.15) is 0 Å². The molecular formula is C16H19N3O3. The lowest BCUT2D eigenvalue weighted by atomic mass is 10.1. The number of aryl methyl sites for hydroxylation is 2. The first-order valence-corrected chi connectivity index (χ1v) is 6.94. The lowest BCUT2D eigenvalue weighted by molar-refractivity contribution is 0.0892. The van der Waals surface area contributed by atoms with E-state index < -0.39 is 17.5 Å². The molecule has 6 heteroatoms. The van der Waals surface area contributed by atoms with Gasteiger partial charge in [-0.3, -0.25) is 14.6 Å². The molecule has 0 aliphatic heterocycles. The third-order valence-electron chi connectivity index (χ3n) is 3.28. The van der Waals surface area contributed by atoms with Crippen molar-refractivity contribution < 1.29 is 9.53 Å². The van der Waals surface area contributed by atoms with Gasteiger partial charge < -0.3 is 15.0 Å². The Bertz CT molecular complexity index is 710. The Morgan fingerprint density at radius 2 is 2.18 bits per heavy atom. The summed E-state index contributed by atoms with van der Waals surface area (Å²) in [5.74, 6) is -0.438. The third kappa shape index (κ3) is 3.59. The van der Waals surface area contributed by atoms with Gasteiger partial charge in [-0.05, 0) is 37.6 Å². The molecule has 0 saturated carbocycles. The van der Waals surface area contributed by atoms with Gasteiger partial charge in [0.15, 0.2) is 0 Å². The Morgan fingerprint density at radius 3 is 2.77 bits per heavy atom. The van der Waals surface area contributed by atoms with Crippen LogP contribution in [0.4, 0.5) is 0 Å². The predicted molar refractivity (Wildman–Crippen MR) is 82.9 cm³/mol. The number of pyridine rings is 2. The molecule has 6 nitrogen and oxygen atoms in total. The number of hydrogen-bond acceptors (Lipinski definition) is 4. The van der Waals surface area contributed by atoms with Crippen LogP contribution in [-0.4, -0.2) is 29.6 Å². The SMILES string of the molecule is COC[C@H](NC(=O)c1c(C)cc(C)[nH]c1=O)c1ccccn1. The van der Waals surface area contributed by atoms with Gasteiger partial charge >= 0.3 is 0 Å². The molecule has 1 amide bonds. The molecule has 0 saturated heterocycles. The van der Waals surface area contributed by atoms with Crippen molar-refractivity contribution in [2.75, 3.05) is 13.7 Å². The minimum atomic E-state index is -0.438. The van der Waals surface area contributed by atoms with Gasteiger partial charge in [-0.1, -0.05) is 6.07 Å². The van der Waals surface area contributed by atoms with E-state index in [1.165, 1.54) is 0 Å². The Balaban J connectivity index is 2.28. The molecule has 2 aromatic rings. The Labute approximate surface area is 128 Å². The first kappa shape index (κ1) is 15.9. The summed E-state index contributed by atoms with van der Waals surface area (Å²) in [6.45, 7) is 3.78. The van der Waals surface area contributed by atoms with Crippen molar-refractivity contribution >= 4 is 5.91 Å². The number of carbonyl (C=O) groups is 1. The Hall–Kier alpha value is -2.47. The first-order chi connectivity index (χ1) is 10.5. The molecule has 0 aliphatic carbocycles. The maximum Gasteiger partial charge on any atom is 0.261 e. The smallest absolute Gasteiger partial charge is 0.261 e. The Kier molecular flexibility index (Phi) is 5.06. The molecule has 2 heterocycles. The maximum absolute atomic E-state index is 12.4. The summed E-state index contributed by atoms with van der Waals surface area (Å²) >= 11 is 0. The van der Waals surface area contributed by atoms with Crippen LogP contribution >= 0.6 is 0 Å². The van der Waals surface area contributed by atoms with Crippen LogP contribution in [0, 0.1) is 13.8 Å². The molecule has 2 N–H and O–H groups in total. The molecule has 0 radical (unpaired) electrons. The molecule has 2 aromatic heterocycles. The van der Waals surface area contributed by atoms with Crippen molar-refractivity contribution in [3.63, 3.8) is 0 Å². The predicted octanol–water partition coefficient (Wildman–Crippen LogP) is 1.50. The summed E-state index contributed by atoms with van der Waals surface area (Å²) in [6.07, 6.45) is 1.65. The van der Waals surface area contributed by atoms with Gasteiger partial charge in [-0.25, -0.2) is 0 Å². The highest BCUT2D eigenvalue weighted by Gasteiger charge is 2.20. The van der Waals surface area contributed by atoms with Crippen molar-refractivity contribution in [3.05, 3.63) is 63.3 Å². The van der Waals surface area contributed by atoms with E-state index in [1.54, 1.807) is 45.4 Å². The van der Waals surface area contributed by atoms with E-state index in [0.717, 1.165) is 5.69 Å². The molecule has 0 unspecified atom stereocenters. The van der Waals surface area contributed by atoms with Gasteiger partial charge in [-0.15, -0.1) is 0 Å². The van der Waals surface area contributed by atoms with E-state index in [9.17, 15) is 9.59 Å². The molecule has 0 bridgehead atoms. The number of aromatic nitrogens is 2. The van der Waals surface area contributed by atoms with Crippen LogP contribution in [0.15, 0.2) is 35.3 Å². The van der Waals surface area contributed by atoms with Gasteiger partial charge in [0.1, 0.15) is 5.56 Å². The molecule has 1 atom stereocenters. The van der Waals surface area contributed by atoms with Gasteiger partial charge in [0.2, 0.25) is 0 Å². The third-order valence-corrected chi connectivity index (χ3v) is 3.28. The number of H-pyrrole nitrogens is 1. The van der Waals surface area contributed by atoms with E-state index in [4.69, 9.17) is 4.74 Å². The second-order valence-corrected chi connectivity index (χ2v) is 5.08. The van der Waals surface area contributed by atoms with Crippen molar-refractivity contribution in [1.29, 1.82) is 0 Å². The average Bonchev–Trinajstić information content (AvgIpc) is 2.46. The number of amides is 1. The van der Waals surface area contributed by atoms with Crippen LogP contribution in [0.3, 0.4) is 0 Å². The molecule has 0 aromatic carbocycles. The molecule has 0 spiro atoms. The summed E-state index contributed by atoms with van der Waals surface area (Å²) in [7, 11) is 1.55. The molecule has 0 fully saturated rings. The lowest BCUT2D eigenvalue weighted by Gasteiger charge is -2.18. The maximum atomic E-state index is 12.4. The highest BCUT2D eigenvalue weighted by molar-refractivity contribution is 5.95. The molecule has 0 aliphatic rings. The largest absolute Gasteiger partial charge is 0.382 e. The van der Waals surface area contributed by atoms with Gasteiger partial charge in [0.05, 0.1) is 18.3 Å². The van der Waals surface area contributed by atoms with Crippen LogP contribution in [0.5, 0.6) is 0 Å². The van der Waals surface area contributed by atoms with Crippen LogP contribution < -0.4 is 10.9 Å². The highest BCUT2D eigenvalue weighted by atomic mass is 16.5. The lowest BCUT2D eigenvalue weighted by Crippen LogP contribution is -2.36. The topological polar surface area (TPSA) is 84.1 Å². The molecular weight excluding hydrogens is 282 g/mol. The number of carbonyl (C=O) groups excluding carboxylic acids is 1. The molecule has 116 valence electrons. The van der Waals surface area contributed by atoms with Crippen molar-refractivity contribution in [3.8, 4) is 0 Å². The number of aromatic amines is 1. The monoisotopic (exact) mass is 301 g/mol. The number of methoxy groups -OCH3 is 1. The fraction of sp³-hybridized carbons (Fsp3) is 0.312. The van der Waals surface area contributed by atoms with E-state index >= 15 is 0 Å². The van der Waals surface area contributed by atoms with E-state index in [-0.39, 0.29) is 12.2 Å². The number of rotatable bonds is 5. The zero-order chi connectivity index (χ0) is 16.1. The van der Waals surface area contributed by atoms with E-state index in [2.05, 4.69) is 15.3 Å². The quantitative estimate of drug-likeness (QED) is 0.876. The van der Waals surface area contributed by atoms with Crippen LogP contribution in [-0.2, 0) is 4.74 Å². The van der Waals surface area contributed by atoms with Gasteiger partial charge in [0, 0.05) is 19.0 Å². The normalized spacial score (nSPS) is 12.0. The number of nitrogens with zero attached hydrogens (tertiary/aromatic N) is 1. The molecule has 2 rings (SSSR count).